The Bertz CT molecular complexity index is 179. The molecule has 2 rings (SSSR count). The van der Waals surface area contributed by atoms with E-state index in [1.807, 2.05) is 0 Å². The quantitative estimate of drug-likeness (QED) is 0.610. The molecule has 0 radical (unpaired) electrons. The standard InChI is InChI=1S/C11H22N2O2/c14-10-5-9(13-7-10)6-12-8-11-3-1-2-4-15-11/h9-14H,1-8H2. The van der Waals surface area contributed by atoms with Crippen LogP contribution in [0.5, 0.6) is 0 Å². The van der Waals surface area contributed by atoms with Crippen molar-refractivity contribution in [3.8, 4) is 0 Å². The van der Waals surface area contributed by atoms with E-state index in [0.717, 1.165) is 32.7 Å². The number of aliphatic hydroxyl groups excluding tert-OH is 1. The van der Waals surface area contributed by atoms with Crippen molar-refractivity contribution in [3.05, 3.63) is 0 Å². The molecule has 15 heavy (non-hydrogen) atoms. The summed E-state index contributed by atoms with van der Waals surface area (Å²) in [6.45, 7) is 3.56. The van der Waals surface area contributed by atoms with Crippen LogP contribution >= 0.6 is 0 Å². The van der Waals surface area contributed by atoms with Crippen molar-refractivity contribution < 1.29 is 9.84 Å². The lowest BCUT2D eigenvalue weighted by Gasteiger charge is -2.23. The minimum atomic E-state index is -0.150. The van der Waals surface area contributed by atoms with Gasteiger partial charge in [0, 0.05) is 32.3 Å². The third-order valence-corrected chi connectivity index (χ3v) is 3.24. The van der Waals surface area contributed by atoms with Crippen molar-refractivity contribution in [2.45, 2.75) is 43.9 Å². The van der Waals surface area contributed by atoms with Gasteiger partial charge in [0.2, 0.25) is 0 Å². The molecular formula is C11H22N2O2. The highest BCUT2D eigenvalue weighted by Gasteiger charge is 2.21. The molecular weight excluding hydrogens is 192 g/mol. The highest BCUT2D eigenvalue weighted by atomic mass is 16.5. The van der Waals surface area contributed by atoms with Crippen molar-refractivity contribution in [2.24, 2.45) is 0 Å². The van der Waals surface area contributed by atoms with Crippen LogP contribution in [-0.2, 0) is 4.74 Å². The van der Waals surface area contributed by atoms with Gasteiger partial charge in [-0.3, -0.25) is 0 Å². The molecule has 88 valence electrons. The third kappa shape index (κ3) is 3.72. The predicted octanol–water partition coefficient (Wildman–Crippen LogP) is -0.132. The van der Waals surface area contributed by atoms with Crippen LogP contribution < -0.4 is 10.6 Å². The van der Waals surface area contributed by atoms with Crippen LogP contribution in [-0.4, -0.2) is 49.6 Å². The number of ether oxygens (including phenoxy) is 1. The van der Waals surface area contributed by atoms with Gasteiger partial charge in [-0.2, -0.15) is 0 Å². The van der Waals surface area contributed by atoms with Crippen molar-refractivity contribution in [1.29, 1.82) is 0 Å². The Morgan fingerprint density at radius 2 is 2.27 bits per heavy atom. The molecule has 4 heteroatoms. The highest BCUT2D eigenvalue weighted by Crippen LogP contribution is 2.11. The lowest BCUT2D eigenvalue weighted by Crippen LogP contribution is -2.39. The van der Waals surface area contributed by atoms with Crippen LogP contribution in [0, 0.1) is 0 Å². The van der Waals surface area contributed by atoms with Crippen molar-refractivity contribution in [3.63, 3.8) is 0 Å². The Morgan fingerprint density at radius 1 is 1.33 bits per heavy atom. The number of nitrogens with one attached hydrogen (secondary N) is 2. The fourth-order valence-electron chi connectivity index (χ4n) is 2.34. The molecule has 2 heterocycles. The zero-order valence-electron chi connectivity index (χ0n) is 9.24. The summed E-state index contributed by atoms with van der Waals surface area (Å²) in [6.07, 6.45) is 4.83. The van der Waals surface area contributed by atoms with Gasteiger partial charge in [-0.15, -0.1) is 0 Å². The smallest absolute Gasteiger partial charge is 0.0699 e. The van der Waals surface area contributed by atoms with E-state index in [1.165, 1.54) is 19.3 Å². The topological polar surface area (TPSA) is 53.5 Å². The number of hydrogen-bond acceptors (Lipinski definition) is 4. The van der Waals surface area contributed by atoms with Gasteiger partial charge in [-0.25, -0.2) is 0 Å². The summed E-state index contributed by atoms with van der Waals surface area (Å²) in [4.78, 5) is 0. The number of β-amino-alcohol motifs (C(OH)–C–C–N with tert-alkyl or cyclic N) is 1. The Kier molecular flexibility index (Phi) is 4.38. The molecule has 4 nitrogen and oxygen atoms in total. The van der Waals surface area contributed by atoms with Crippen molar-refractivity contribution in [2.75, 3.05) is 26.2 Å². The van der Waals surface area contributed by atoms with Gasteiger partial charge in [-0.1, -0.05) is 0 Å². The van der Waals surface area contributed by atoms with Crippen LogP contribution in [0.3, 0.4) is 0 Å². The molecule has 2 aliphatic heterocycles. The second kappa shape index (κ2) is 5.80. The molecule has 0 aromatic heterocycles. The number of rotatable bonds is 4. The number of aliphatic hydroxyl groups is 1. The first kappa shape index (κ1) is 11.3. The van der Waals surface area contributed by atoms with Crippen LogP contribution in [0.1, 0.15) is 25.7 Å². The molecule has 0 bridgehead atoms. The SMILES string of the molecule is OC1CNC(CNCC2CCCCO2)C1. The molecule has 3 atom stereocenters. The summed E-state index contributed by atoms with van der Waals surface area (Å²) in [5, 5.41) is 16.0. The maximum Gasteiger partial charge on any atom is 0.0699 e. The average Bonchev–Trinajstić information content (AvgIpc) is 2.66. The summed E-state index contributed by atoms with van der Waals surface area (Å²) < 4.78 is 5.63. The lowest BCUT2D eigenvalue weighted by molar-refractivity contribution is 0.0168. The molecule has 3 unspecified atom stereocenters. The van der Waals surface area contributed by atoms with Gasteiger partial charge in [0.15, 0.2) is 0 Å². The second-order valence-corrected chi connectivity index (χ2v) is 4.64. The highest BCUT2D eigenvalue weighted by molar-refractivity contribution is 4.83. The van der Waals surface area contributed by atoms with Crippen LogP contribution in [0.2, 0.25) is 0 Å². The monoisotopic (exact) mass is 214 g/mol. The molecule has 0 aromatic carbocycles. The Morgan fingerprint density at radius 3 is 2.93 bits per heavy atom. The Hall–Kier alpha value is -0.160. The number of hydrogen-bond donors (Lipinski definition) is 3. The summed E-state index contributed by atoms with van der Waals surface area (Å²) in [6, 6.07) is 0.434. The predicted molar refractivity (Wildman–Crippen MR) is 58.9 cm³/mol. The van der Waals surface area contributed by atoms with Crippen LogP contribution in [0.4, 0.5) is 0 Å². The van der Waals surface area contributed by atoms with Crippen molar-refractivity contribution >= 4 is 0 Å². The molecule has 0 aliphatic carbocycles. The Balaban J connectivity index is 1.54. The van der Waals surface area contributed by atoms with E-state index in [9.17, 15) is 5.11 Å². The fraction of sp³-hybridized carbons (Fsp3) is 1.00. The van der Waals surface area contributed by atoms with E-state index in [-0.39, 0.29) is 6.10 Å². The minimum Gasteiger partial charge on any atom is -0.392 e. The second-order valence-electron chi connectivity index (χ2n) is 4.64. The lowest BCUT2D eigenvalue weighted by atomic mass is 10.1. The van der Waals surface area contributed by atoms with E-state index in [2.05, 4.69) is 10.6 Å². The molecule has 2 aliphatic rings. The zero-order chi connectivity index (χ0) is 10.5. The van der Waals surface area contributed by atoms with Gasteiger partial charge in [0.05, 0.1) is 12.2 Å². The fourth-order valence-corrected chi connectivity index (χ4v) is 2.34. The normalized spacial score (nSPS) is 37.0. The van der Waals surface area contributed by atoms with E-state index in [0.29, 0.717) is 12.1 Å². The zero-order valence-corrected chi connectivity index (χ0v) is 9.24. The first-order valence-corrected chi connectivity index (χ1v) is 6.08. The average molecular weight is 214 g/mol. The molecule has 3 N–H and O–H groups in total. The van der Waals surface area contributed by atoms with Crippen LogP contribution in [0.15, 0.2) is 0 Å². The molecule has 0 aromatic rings. The maximum atomic E-state index is 9.33. The molecule has 2 fully saturated rings. The molecule has 0 spiro atoms. The van der Waals surface area contributed by atoms with E-state index in [1.54, 1.807) is 0 Å². The summed E-state index contributed by atoms with van der Waals surface area (Å²) in [5.74, 6) is 0. The van der Waals surface area contributed by atoms with Gasteiger partial charge >= 0.3 is 0 Å². The van der Waals surface area contributed by atoms with E-state index >= 15 is 0 Å². The minimum absolute atomic E-state index is 0.150. The van der Waals surface area contributed by atoms with Crippen molar-refractivity contribution in [1.82, 2.24) is 10.6 Å². The maximum absolute atomic E-state index is 9.33. The molecule has 0 amide bonds. The summed E-state index contributed by atoms with van der Waals surface area (Å²) in [5.41, 5.74) is 0. The summed E-state index contributed by atoms with van der Waals surface area (Å²) >= 11 is 0. The first-order chi connectivity index (χ1) is 7.34. The first-order valence-electron chi connectivity index (χ1n) is 6.08. The van der Waals surface area contributed by atoms with Gasteiger partial charge < -0.3 is 20.5 Å². The van der Waals surface area contributed by atoms with E-state index < -0.39 is 0 Å². The molecule has 0 saturated carbocycles. The third-order valence-electron chi connectivity index (χ3n) is 3.24. The van der Waals surface area contributed by atoms with Crippen LogP contribution in [0.25, 0.3) is 0 Å². The van der Waals surface area contributed by atoms with E-state index in [4.69, 9.17) is 4.74 Å². The van der Waals surface area contributed by atoms with Gasteiger partial charge in [0.1, 0.15) is 0 Å². The largest absolute Gasteiger partial charge is 0.392 e. The summed E-state index contributed by atoms with van der Waals surface area (Å²) in [7, 11) is 0. The Labute approximate surface area is 91.4 Å². The van der Waals surface area contributed by atoms with Gasteiger partial charge in [0.25, 0.3) is 0 Å². The van der Waals surface area contributed by atoms with Gasteiger partial charge in [-0.05, 0) is 25.7 Å². The molecule has 2 saturated heterocycles.